The van der Waals surface area contributed by atoms with Gasteiger partial charge in [-0.05, 0) is 44.2 Å². The Kier molecular flexibility index (Phi) is 9.26. The minimum absolute atomic E-state index is 0.208. The third-order valence-electron chi connectivity index (χ3n) is 4.65. The Bertz CT molecular complexity index is 893. The van der Waals surface area contributed by atoms with Gasteiger partial charge >= 0.3 is 12.1 Å². The van der Waals surface area contributed by atoms with E-state index in [1.165, 1.54) is 0 Å². The Morgan fingerprint density at radius 3 is 2.23 bits per heavy atom. The van der Waals surface area contributed by atoms with Crippen LogP contribution >= 0.6 is 23.2 Å². The Balaban J connectivity index is 2.36. The highest BCUT2D eigenvalue weighted by Crippen LogP contribution is 2.30. The molecule has 31 heavy (non-hydrogen) atoms. The van der Waals surface area contributed by atoms with Crippen molar-refractivity contribution >= 4 is 51.7 Å². The number of rotatable bonds is 10. The SMILES string of the molecule is CC(C)(C)OC(=O)N[C@H](CC(=O)O)Cc1ccc(N(CCCl)CCCl)c2ccccc12. The van der Waals surface area contributed by atoms with E-state index in [-0.39, 0.29) is 6.42 Å². The molecular weight excluding hydrogens is 439 g/mol. The molecule has 0 spiro atoms. The van der Waals surface area contributed by atoms with Crippen LogP contribution in [0.15, 0.2) is 36.4 Å². The number of halogens is 2. The van der Waals surface area contributed by atoms with Gasteiger partial charge in [0.1, 0.15) is 5.60 Å². The zero-order chi connectivity index (χ0) is 23.0. The second-order valence-corrected chi connectivity index (χ2v) is 9.06. The fraction of sp³-hybridized carbons (Fsp3) is 0.478. The maximum atomic E-state index is 12.2. The number of ether oxygens (including phenoxy) is 1. The first-order chi connectivity index (χ1) is 14.6. The summed E-state index contributed by atoms with van der Waals surface area (Å²) >= 11 is 12.0. The average Bonchev–Trinajstić information content (AvgIpc) is 2.66. The zero-order valence-electron chi connectivity index (χ0n) is 18.2. The lowest BCUT2D eigenvalue weighted by molar-refractivity contribution is -0.137. The summed E-state index contributed by atoms with van der Waals surface area (Å²) in [5.74, 6) is -0.0293. The van der Waals surface area contributed by atoms with E-state index in [9.17, 15) is 14.7 Å². The van der Waals surface area contributed by atoms with Crippen LogP contribution in [0.25, 0.3) is 10.8 Å². The molecule has 0 aliphatic heterocycles. The van der Waals surface area contributed by atoms with E-state index in [1.54, 1.807) is 20.8 Å². The molecule has 0 saturated heterocycles. The van der Waals surface area contributed by atoms with Crippen molar-refractivity contribution in [2.75, 3.05) is 29.7 Å². The number of carboxylic acid groups (broad SMARTS) is 1. The van der Waals surface area contributed by atoms with Crippen LogP contribution in [0.3, 0.4) is 0 Å². The van der Waals surface area contributed by atoms with Crippen molar-refractivity contribution < 1.29 is 19.4 Å². The summed E-state index contributed by atoms with van der Waals surface area (Å²) in [5.41, 5.74) is 1.30. The van der Waals surface area contributed by atoms with Gasteiger partial charge in [0.05, 0.1) is 6.42 Å². The number of amides is 1. The van der Waals surface area contributed by atoms with Gasteiger partial charge in [-0.15, -0.1) is 23.2 Å². The molecule has 0 heterocycles. The first-order valence-corrected chi connectivity index (χ1v) is 11.3. The molecule has 0 fully saturated rings. The zero-order valence-corrected chi connectivity index (χ0v) is 19.7. The lowest BCUT2D eigenvalue weighted by Gasteiger charge is -2.26. The van der Waals surface area contributed by atoms with Gasteiger partial charge in [-0.3, -0.25) is 4.79 Å². The molecule has 0 aromatic heterocycles. The highest BCUT2D eigenvalue weighted by molar-refractivity contribution is 6.18. The molecule has 0 saturated carbocycles. The fourth-order valence-corrected chi connectivity index (χ4v) is 3.89. The van der Waals surface area contributed by atoms with Crippen molar-refractivity contribution in [2.24, 2.45) is 0 Å². The molecule has 8 heteroatoms. The molecule has 170 valence electrons. The maximum absolute atomic E-state index is 12.2. The van der Waals surface area contributed by atoms with Crippen molar-refractivity contribution in [3.63, 3.8) is 0 Å². The smallest absolute Gasteiger partial charge is 0.407 e. The minimum atomic E-state index is -0.989. The molecular formula is C23H30Cl2N2O4. The van der Waals surface area contributed by atoms with Crippen LogP contribution in [0, 0.1) is 0 Å². The predicted molar refractivity (Wildman–Crippen MR) is 127 cm³/mol. The lowest BCUT2D eigenvalue weighted by Crippen LogP contribution is -2.41. The van der Waals surface area contributed by atoms with E-state index in [4.69, 9.17) is 27.9 Å². The molecule has 2 N–H and O–H groups in total. The summed E-state index contributed by atoms with van der Waals surface area (Å²) in [6.07, 6.45) is -0.479. The third kappa shape index (κ3) is 7.78. The quantitative estimate of drug-likeness (QED) is 0.477. The molecule has 6 nitrogen and oxygen atoms in total. The molecule has 0 bridgehead atoms. The number of benzene rings is 2. The number of aliphatic carboxylic acids is 1. The number of carboxylic acids is 1. The van der Waals surface area contributed by atoms with Gasteiger partial charge in [0.2, 0.25) is 0 Å². The van der Waals surface area contributed by atoms with Crippen molar-refractivity contribution in [1.82, 2.24) is 5.32 Å². The predicted octanol–water partition coefficient (Wildman–Crippen LogP) is 5.03. The largest absolute Gasteiger partial charge is 0.481 e. The first kappa shape index (κ1) is 25.1. The highest BCUT2D eigenvalue weighted by atomic mass is 35.5. The monoisotopic (exact) mass is 468 g/mol. The van der Waals surface area contributed by atoms with Crippen molar-refractivity contribution in [3.8, 4) is 0 Å². The van der Waals surface area contributed by atoms with Gasteiger partial charge in [-0.2, -0.15) is 0 Å². The lowest BCUT2D eigenvalue weighted by atomic mass is 9.96. The van der Waals surface area contributed by atoms with E-state index in [2.05, 4.69) is 10.2 Å². The highest BCUT2D eigenvalue weighted by Gasteiger charge is 2.22. The standard InChI is InChI=1S/C23H30Cl2N2O4/c1-23(2,3)31-22(30)26-17(15-21(28)29)14-16-8-9-20(27(12-10-24)13-11-25)19-7-5-4-6-18(16)19/h4-9,17H,10-15H2,1-3H3,(H,26,30)(H,28,29)/t17-/m0/s1. The summed E-state index contributed by atoms with van der Waals surface area (Å²) < 4.78 is 5.30. The van der Waals surface area contributed by atoms with Gasteiger partial charge in [0.25, 0.3) is 0 Å². The molecule has 1 atom stereocenters. The number of fused-ring (bicyclic) bond motifs is 1. The summed E-state index contributed by atoms with van der Waals surface area (Å²) in [6.45, 7) is 6.62. The second kappa shape index (κ2) is 11.4. The van der Waals surface area contributed by atoms with Crippen LogP contribution < -0.4 is 10.2 Å². The Morgan fingerprint density at radius 1 is 1.06 bits per heavy atom. The number of hydrogen-bond acceptors (Lipinski definition) is 4. The Labute approximate surface area is 193 Å². The molecule has 2 aromatic rings. The van der Waals surface area contributed by atoms with Crippen molar-refractivity contribution in [3.05, 3.63) is 42.0 Å². The van der Waals surface area contributed by atoms with E-state index < -0.39 is 23.7 Å². The molecule has 1 amide bonds. The number of nitrogens with zero attached hydrogens (tertiary/aromatic N) is 1. The number of nitrogens with one attached hydrogen (secondary N) is 1. The molecule has 0 aliphatic rings. The Morgan fingerprint density at radius 2 is 1.68 bits per heavy atom. The van der Waals surface area contributed by atoms with Crippen LogP contribution in [-0.4, -0.2) is 53.7 Å². The van der Waals surface area contributed by atoms with Crippen LogP contribution in [-0.2, 0) is 16.0 Å². The average molecular weight is 469 g/mol. The summed E-state index contributed by atoms with van der Waals surface area (Å²) in [4.78, 5) is 25.8. The number of alkyl carbamates (subject to hydrolysis) is 1. The molecule has 2 rings (SSSR count). The van der Waals surface area contributed by atoms with E-state index in [0.29, 0.717) is 31.3 Å². The number of carbonyl (C=O) groups is 2. The van der Waals surface area contributed by atoms with Crippen LogP contribution in [0.1, 0.15) is 32.8 Å². The topological polar surface area (TPSA) is 78.9 Å². The van der Waals surface area contributed by atoms with Crippen LogP contribution in [0.5, 0.6) is 0 Å². The van der Waals surface area contributed by atoms with Crippen LogP contribution in [0.4, 0.5) is 10.5 Å². The first-order valence-electron chi connectivity index (χ1n) is 10.2. The van der Waals surface area contributed by atoms with Gasteiger partial charge in [0, 0.05) is 42.0 Å². The van der Waals surface area contributed by atoms with Crippen molar-refractivity contribution in [2.45, 2.75) is 45.3 Å². The third-order valence-corrected chi connectivity index (χ3v) is 4.99. The van der Waals surface area contributed by atoms with E-state index in [1.807, 2.05) is 36.4 Å². The molecule has 0 aliphatic carbocycles. The summed E-state index contributed by atoms with van der Waals surface area (Å²) in [7, 11) is 0. The molecule has 0 radical (unpaired) electrons. The summed E-state index contributed by atoms with van der Waals surface area (Å²) in [6, 6.07) is 11.3. The Hall–Kier alpha value is -2.18. The minimum Gasteiger partial charge on any atom is -0.481 e. The molecule has 0 unspecified atom stereocenters. The number of alkyl halides is 2. The van der Waals surface area contributed by atoms with E-state index in [0.717, 1.165) is 22.0 Å². The fourth-order valence-electron chi connectivity index (χ4n) is 3.48. The number of hydrogen-bond donors (Lipinski definition) is 2. The van der Waals surface area contributed by atoms with Crippen molar-refractivity contribution in [1.29, 1.82) is 0 Å². The second-order valence-electron chi connectivity index (χ2n) is 8.30. The van der Waals surface area contributed by atoms with Gasteiger partial charge in [0.15, 0.2) is 0 Å². The normalized spacial score (nSPS) is 12.4. The van der Waals surface area contributed by atoms with Gasteiger partial charge < -0.3 is 20.1 Å². The van der Waals surface area contributed by atoms with Crippen LogP contribution in [0.2, 0.25) is 0 Å². The van der Waals surface area contributed by atoms with Gasteiger partial charge in [-0.1, -0.05) is 30.3 Å². The summed E-state index contributed by atoms with van der Waals surface area (Å²) in [5, 5.41) is 14.1. The number of carbonyl (C=O) groups excluding carboxylic acids is 1. The van der Waals surface area contributed by atoms with Gasteiger partial charge in [-0.25, -0.2) is 4.79 Å². The molecule has 2 aromatic carbocycles. The van der Waals surface area contributed by atoms with E-state index >= 15 is 0 Å². The number of anilines is 1. The maximum Gasteiger partial charge on any atom is 0.407 e.